The molecular formula is C10H9N3O5. The molecule has 2 aromatic rings. The van der Waals surface area contributed by atoms with E-state index in [2.05, 4.69) is 15.5 Å². The van der Waals surface area contributed by atoms with Crippen molar-refractivity contribution in [3.63, 3.8) is 0 Å². The number of carbonyl (C=O) groups excluding carboxylic acids is 1. The van der Waals surface area contributed by atoms with Gasteiger partial charge in [0.15, 0.2) is 0 Å². The molecule has 2 heterocycles. The molecule has 18 heavy (non-hydrogen) atoms. The molecule has 0 unspecified atom stereocenters. The van der Waals surface area contributed by atoms with Gasteiger partial charge in [0.1, 0.15) is 12.2 Å². The van der Waals surface area contributed by atoms with Gasteiger partial charge >= 0.3 is 12.0 Å². The Labute approximate surface area is 101 Å². The Morgan fingerprint density at radius 1 is 1.44 bits per heavy atom. The predicted molar refractivity (Wildman–Crippen MR) is 57.0 cm³/mol. The molecule has 0 aliphatic heterocycles. The number of amides is 1. The summed E-state index contributed by atoms with van der Waals surface area (Å²) in [7, 11) is 0. The van der Waals surface area contributed by atoms with Crippen molar-refractivity contribution in [2.24, 2.45) is 0 Å². The monoisotopic (exact) mass is 251 g/mol. The molecule has 0 aromatic carbocycles. The summed E-state index contributed by atoms with van der Waals surface area (Å²) in [6, 6.07) is 1.32. The first-order valence-electron chi connectivity index (χ1n) is 4.96. The number of aliphatic carboxylic acids is 1. The highest BCUT2D eigenvalue weighted by molar-refractivity contribution is 6.04. The van der Waals surface area contributed by atoms with E-state index in [0.29, 0.717) is 5.89 Å². The number of aromatic nitrogens is 2. The second-order valence-corrected chi connectivity index (χ2v) is 3.41. The summed E-state index contributed by atoms with van der Waals surface area (Å²) in [6.07, 6.45) is 0.866. The number of rotatable bonds is 4. The van der Waals surface area contributed by atoms with Gasteiger partial charge in [-0.05, 0) is 6.07 Å². The Kier molecular flexibility index (Phi) is 3.09. The first-order chi connectivity index (χ1) is 8.56. The van der Waals surface area contributed by atoms with Crippen LogP contribution in [-0.2, 0) is 11.2 Å². The minimum absolute atomic E-state index is 0.0556. The van der Waals surface area contributed by atoms with Crippen molar-refractivity contribution in [1.29, 1.82) is 0 Å². The summed E-state index contributed by atoms with van der Waals surface area (Å²) in [5.41, 5.74) is 0.119. The van der Waals surface area contributed by atoms with E-state index in [1.165, 1.54) is 12.3 Å². The lowest BCUT2D eigenvalue weighted by Gasteiger charge is -1.99. The number of carboxylic acid groups (broad SMARTS) is 1. The van der Waals surface area contributed by atoms with Gasteiger partial charge < -0.3 is 13.9 Å². The maximum Gasteiger partial charge on any atom is 0.322 e. The highest BCUT2D eigenvalue weighted by Crippen LogP contribution is 2.14. The van der Waals surface area contributed by atoms with Crippen molar-refractivity contribution in [2.45, 2.75) is 13.3 Å². The van der Waals surface area contributed by atoms with Crippen LogP contribution in [0.4, 0.5) is 6.01 Å². The molecule has 0 saturated carbocycles. The number of nitrogens with zero attached hydrogens (tertiary/aromatic N) is 2. The molecule has 0 aliphatic carbocycles. The van der Waals surface area contributed by atoms with Gasteiger partial charge in [-0.1, -0.05) is 5.10 Å². The number of aryl methyl sites for hydroxylation is 1. The van der Waals surface area contributed by atoms with Crippen LogP contribution in [0.25, 0.3) is 0 Å². The van der Waals surface area contributed by atoms with Crippen molar-refractivity contribution in [3.8, 4) is 0 Å². The number of nitrogens with one attached hydrogen (secondary N) is 1. The van der Waals surface area contributed by atoms with E-state index in [9.17, 15) is 9.59 Å². The van der Waals surface area contributed by atoms with Crippen molar-refractivity contribution < 1.29 is 23.5 Å². The molecular weight excluding hydrogens is 242 g/mol. The van der Waals surface area contributed by atoms with E-state index >= 15 is 0 Å². The molecule has 0 spiro atoms. The first-order valence-corrected chi connectivity index (χ1v) is 4.96. The van der Waals surface area contributed by atoms with E-state index in [0.717, 1.165) is 0 Å². The van der Waals surface area contributed by atoms with Gasteiger partial charge in [-0.15, -0.1) is 5.10 Å². The summed E-state index contributed by atoms with van der Waals surface area (Å²) in [5, 5.41) is 18.1. The molecule has 8 nitrogen and oxygen atoms in total. The molecule has 0 atom stereocenters. The Morgan fingerprint density at radius 2 is 2.22 bits per heavy atom. The van der Waals surface area contributed by atoms with Crippen LogP contribution in [0.15, 0.2) is 21.2 Å². The molecule has 0 saturated heterocycles. The Hall–Kier alpha value is -2.64. The lowest BCUT2D eigenvalue weighted by atomic mass is 10.2. The maximum absolute atomic E-state index is 11.8. The zero-order valence-corrected chi connectivity index (χ0v) is 9.34. The normalized spacial score (nSPS) is 10.3. The van der Waals surface area contributed by atoms with Crippen molar-refractivity contribution in [1.82, 2.24) is 10.2 Å². The number of hydrogen-bond donors (Lipinski definition) is 2. The molecule has 2 N–H and O–H groups in total. The van der Waals surface area contributed by atoms with Gasteiger partial charge in [0, 0.05) is 6.92 Å². The third kappa shape index (κ3) is 2.54. The molecule has 1 amide bonds. The molecule has 2 aromatic heterocycles. The van der Waals surface area contributed by atoms with Crippen LogP contribution in [0.3, 0.4) is 0 Å². The lowest BCUT2D eigenvalue weighted by Crippen LogP contribution is -2.14. The van der Waals surface area contributed by atoms with Gasteiger partial charge in [0.2, 0.25) is 5.89 Å². The first kappa shape index (κ1) is 11.8. The van der Waals surface area contributed by atoms with E-state index in [1.807, 2.05) is 0 Å². The number of carboxylic acids is 1. The number of carbonyl (C=O) groups is 2. The van der Waals surface area contributed by atoms with Crippen LogP contribution in [0.5, 0.6) is 0 Å². The molecule has 94 valence electrons. The standard InChI is InChI=1S/C10H9N3O5/c1-5-12-13-10(18-5)11-9(16)6-2-3-17-7(6)4-8(14)15/h2-3H,4H2,1H3,(H,14,15)(H,11,13,16). The van der Waals surface area contributed by atoms with E-state index in [-0.39, 0.29) is 23.8 Å². The summed E-state index contributed by atoms with van der Waals surface area (Å²) in [4.78, 5) is 22.4. The smallest absolute Gasteiger partial charge is 0.322 e. The zero-order chi connectivity index (χ0) is 13.1. The van der Waals surface area contributed by atoms with Crippen molar-refractivity contribution in [3.05, 3.63) is 29.5 Å². The molecule has 0 aliphatic rings. The average molecular weight is 251 g/mol. The van der Waals surface area contributed by atoms with Crippen LogP contribution in [0.1, 0.15) is 22.0 Å². The molecule has 8 heteroatoms. The second-order valence-electron chi connectivity index (χ2n) is 3.41. The molecule has 0 fully saturated rings. The number of anilines is 1. The van der Waals surface area contributed by atoms with Crippen LogP contribution in [0, 0.1) is 6.92 Å². The Morgan fingerprint density at radius 3 is 2.83 bits per heavy atom. The van der Waals surface area contributed by atoms with Crippen LogP contribution in [0.2, 0.25) is 0 Å². The van der Waals surface area contributed by atoms with Gasteiger partial charge in [-0.25, -0.2) is 0 Å². The number of furan rings is 1. The zero-order valence-electron chi connectivity index (χ0n) is 9.34. The predicted octanol–water partition coefficient (Wildman–Crippen LogP) is 0.850. The minimum atomic E-state index is -1.09. The van der Waals surface area contributed by atoms with Crippen molar-refractivity contribution >= 4 is 17.9 Å². The van der Waals surface area contributed by atoms with Gasteiger partial charge in [-0.3, -0.25) is 14.9 Å². The highest BCUT2D eigenvalue weighted by atomic mass is 16.4. The van der Waals surface area contributed by atoms with E-state index in [1.54, 1.807) is 6.92 Å². The number of hydrogen-bond acceptors (Lipinski definition) is 6. The maximum atomic E-state index is 11.8. The summed E-state index contributed by atoms with van der Waals surface area (Å²) < 4.78 is 9.90. The fraction of sp³-hybridized carbons (Fsp3) is 0.200. The average Bonchev–Trinajstić information content (AvgIpc) is 2.87. The summed E-state index contributed by atoms with van der Waals surface area (Å²) in [5.74, 6) is -1.28. The molecule has 2 rings (SSSR count). The van der Waals surface area contributed by atoms with Crippen molar-refractivity contribution in [2.75, 3.05) is 5.32 Å². The summed E-state index contributed by atoms with van der Waals surface area (Å²) >= 11 is 0. The Bertz CT molecular complexity index is 586. The largest absolute Gasteiger partial charge is 0.481 e. The Balaban J connectivity index is 2.14. The van der Waals surface area contributed by atoms with Crippen LogP contribution < -0.4 is 5.32 Å². The van der Waals surface area contributed by atoms with Gasteiger partial charge in [-0.2, -0.15) is 0 Å². The molecule has 0 radical (unpaired) electrons. The quantitative estimate of drug-likeness (QED) is 0.826. The minimum Gasteiger partial charge on any atom is -0.481 e. The fourth-order valence-electron chi connectivity index (χ4n) is 1.33. The third-order valence-corrected chi connectivity index (χ3v) is 2.05. The van der Waals surface area contributed by atoms with E-state index < -0.39 is 11.9 Å². The molecule has 0 bridgehead atoms. The SMILES string of the molecule is Cc1nnc(NC(=O)c2ccoc2CC(=O)O)o1. The van der Waals surface area contributed by atoms with Crippen LogP contribution in [-0.4, -0.2) is 27.2 Å². The fourth-order valence-corrected chi connectivity index (χ4v) is 1.33. The lowest BCUT2D eigenvalue weighted by molar-refractivity contribution is -0.136. The van der Waals surface area contributed by atoms with E-state index in [4.69, 9.17) is 13.9 Å². The highest BCUT2D eigenvalue weighted by Gasteiger charge is 2.18. The second kappa shape index (κ2) is 4.70. The topological polar surface area (TPSA) is 118 Å². The van der Waals surface area contributed by atoms with Gasteiger partial charge in [0.05, 0.1) is 11.8 Å². The summed E-state index contributed by atoms with van der Waals surface area (Å²) in [6.45, 7) is 1.58. The third-order valence-electron chi connectivity index (χ3n) is 2.05. The van der Waals surface area contributed by atoms with Gasteiger partial charge in [0.25, 0.3) is 5.91 Å². The van der Waals surface area contributed by atoms with Crippen LogP contribution >= 0.6 is 0 Å².